The third-order valence-corrected chi connectivity index (χ3v) is 10.2. The van der Waals surface area contributed by atoms with E-state index in [0.717, 1.165) is 31.5 Å². The summed E-state index contributed by atoms with van der Waals surface area (Å²) in [6, 6.07) is 3.21. The number of nitrogen functional groups attached to an aromatic ring is 1. The number of fused-ring (bicyclic) bond motifs is 1. The number of aromatic nitrogens is 2. The number of nitrogens with two attached hydrogens (primary N) is 2. The van der Waals surface area contributed by atoms with E-state index in [2.05, 4.69) is 27.5 Å². The Morgan fingerprint density at radius 1 is 1.04 bits per heavy atom. The van der Waals surface area contributed by atoms with E-state index in [1.165, 1.54) is 92.3 Å². The molecule has 3 amide bonds. The largest absolute Gasteiger partial charge is 0.508 e. The van der Waals surface area contributed by atoms with E-state index in [1.807, 2.05) is 0 Å². The second kappa shape index (κ2) is 18.7. The number of β-lactam (4-membered cyclic amide) rings is 1. The van der Waals surface area contributed by atoms with Crippen molar-refractivity contribution in [2.24, 2.45) is 5.73 Å². The molecule has 2 aromatic rings. The molecule has 4 rings (SSSR count). The van der Waals surface area contributed by atoms with Crippen LogP contribution in [0.2, 0.25) is 0 Å². The molecule has 0 saturated carbocycles. The number of phenols is 1. The third kappa shape index (κ3) is 11.1. The van der Waals surface area contributed by atoms with Crippen molar-refractivity contribution in [3.63, 3.8) is 0 Å². The van der Waals surface area contributed by atoms with E-state index in [1.54, 1.807) is 20.0 Å². The van der Waals surface area contributed by atoms with E-state index < -0.39 is 46.0 Å². The van der Waals surface area contributed by atoms with Crippen LogP contribution in [-0.2, 0) is 25.6 Å². The maximum atomic E-state index is 12.3. The van der Waals surface area contributed by atoms with Crippen LogP contribution in [0.1, 0.15) is 109 Å². The van der Waals surface area contributed by atoms with Crippen LogP contribution in [0.3, 0.4) is 0 Å². The van der Waals surface area contributed by atoms with Gasteiger partial charge in [0.25, 0.3) is 0 Å². The van der Waals surface area contributed by atoms with Crippen LogP contribution in [0.5, 0.6) is 5.75 Å². The summed E-state index contributed by atoms with van der Waals surface area (Å²) in [5, 5.41) is 23.9. The van der Waals surface area contributed by atoms with Gasteiger partial charge in [0.15, 0.2) is 5.95 Å². The number of carboxylic acid groups (broad SMARTS) is 1. The molecule has 0 bridgehead atoms. The Hall–Kier alpha value is -3.78. The summed E-state index contributed by atoms with van der Waals surface area (Å²) in [5.74, 6) is -1.35. The van der Waals surface area contributed by atoms with Crippen molar-refractivity contribution in [3.8, 4) is 5.75 Å². The molecule has 48 heavy (non-hydrogen) atoms. The van der Waals surface area contributed by atoms with Crippen LogP contribution in [0.15, 0.2) is 30.5 Å². The Morgan fingerprint density at radius 3 is 2.25 bits per heavy atom. The number of hydrogen-bond acceptors (Lipinski definition) is 9. The van der Waals surface area contributed by atoms with Crippen molar-refractivity contribution in [1.82, 2.24) is 25.5 Å². The van der Waals surface area contributed by atoms with Gasteiger partial charge in [0.1, 0.15) is 29.2 Å². The Bertz CT molecular complexity index is 1350. The minimum absolute atomic E-state index is 0.0606. The first kappa shape index (κ1) is 38.7. The maximum absolute atomic E-state index is 12.3. The molecule has 4 atom stereocenters. The summed E-state index contributed by atoms with van der Waals surface area (Å²) in [4.78, 5) is 56.1. The molecule has 0 radical (unpaired) electrons. The molecule has 2 aliphatic rings. The zero-order chi connectivity index (χ0) is 35.3. The highest BCUT2D eigenvalue weighted by atomic mass is 32.2. The van der Waals surface area contributed by atoms with Gasteiger partial charge in [-0.05, 0) is 50.8 Å². The number of hydrogen-bond donors (Lipinski definition) is 7. The van der Waals surface area contributed by atoms with Crippen molar-refractivity contribution in [1.29, 1.82) is 0 Å². The SMILES string of the molecule is CC1(C)S[C@@H]2[C@H](NC(=O)[C@H](N)c3ccc(O)cc3)C(=O)N2[C@H]1C(=O)O.CCCCCCCCCCCNC(=O)CCCc1cnc(N)[nH]1. The number of amides is 3. The van der Waals surface area contributed by atoms with Gasteiger partial charge in [-0.25, -0.2) is 9.78 Å². The first-order valence-corrected chi connectivity index (χ1v) is 17.9. The van der Waals surface area contributed by atoms with Crippen molar-refractivity contribution in [2.45, 2.75) is 126 Å². The molecule has 2 fully saturated rings. The van der Waals surface area contributed by atoms with Gasteiger partial charge in [0.2, 0.25) is 17.7 Å². The van der Waals surface area contributed by atoms with Crippen LogP contribution >= 0.6 is 11.8 Å². The van der Waals surface area contributed by atoms with Gasteiger partial charge in [-0.1, -0.05) is 70.4 Å². The number of aryl methyl sites for hydroxylation is 1. The smallest absolute Gasteiger partial charge is 0.327 e. The zero-order valence-corrected chi connectivity index (χ0v) is 29.2. The number of unbranched alkanes of at least 4 members (excludes halogenated alkanes) is 8. The number of aliphatic carboxylic acids is 1. The van der Waals surface area contributed by atoms with E-state index >= 15 is 0 Å². The Kier molecular flexibility index (Phi) is 15.0. The normalized spacial score (nSPS) is 19.8. The van der Waals surface area contributed by atoms with Crippen LogP contribution in [0.4, 0.5) is 5.95 Å². The predicted molar refractivity (Wildman–Crippen MR) is 187 cm³/mol. The van der Waals surface area contributed by atoms with Gasteiger partial charge < -0.3 is 42.2 Å². The molecular formula is C34H53N7O6S. The number of nitrogens with zero attached hydrogens (tertiary/aromatic N) is 2. The lowest BCUT2D eigenvalue weighted by atomic mass is 9.95. The van der Waals surface area contributed by atoms with Crippen molar-refractivity contribution >= 4 is 41.4 Å². The van der Waals surface area contributed by atoms with E-state index in [0.29, 0.717) is 17.9 Å². The maximum Gasteiger partial charge on any atom is 0.327 e. The topological polar surface area (TPSA) is 217 Å². The fourth-order valence-corrected chi connectivity index (χ4v) is 7.54. The highest BCUT2D eigenvalue weighted by Crippen LogP contribution is 2.50. The summed E-state index contributed by atoms with van der Waals surface area (Å²) < 4.78 is -0.648. The molecule has 0 unspecified atom stereocenters. The summed E-state index contributed by atoms with van der Waals surface area (Å²) >= 11 is 1.35. The number of anilines is 1. The lowest BCUT2D eigenvalue weighted by molar-refractivity contribution is -0.161. The van der Waals surface area contributed by atoms with Crippen molar-refractivity contribution < 1.29 is 29.4 Å². The number of benzene rings is 1. The molecular weight excluding hydrogens is 634 g/mol. The lowest BCUT2D eigenvalue weighted by Gasteiger charge is -2.43. The van der Waals surface area contributed by atoms with E-state index in [9.17, 15) is 29.4 Å². The quantitative estimate of drug-likeness (QED) is 0.0883. The van der Waals surface area contributed by atoms with Gasteiger partial charge in [0, 0.05) is 23.4 Å². The number of phenolic OH excluding ortho intramolecular Hbond substituents is 1. The van der Waals surface area contributed by atoms with E-state index in [4.69, 9.17) is 11.5 Å². The monoisotopic (exact) mass is 687 g/mol. The summed E-state index contributed by atoms with van der Waals surface area (Å²) in [7, 11) is 0. The molecule has 14 heteroatoms. The highest BCUT2D eigenvalue weighted by molar-refractivity contribution is 8.01. The van der Waals surface area contributed by atoms with Gasteiger partial charge in [-0.15, -0.1) is 11.8 Å². The Morgan fingerprint density at radius 2 is 1.67 bits per heavy atom. The van der Waals surface area contributed by atoms with Crippen LogP contribution < -0.4 is 22.1 Å². The van der Waals surface area contributed by atoms with Crippen LogP contribution in [0, 0.1) is 0 Å². The molecule has 13 nitrogen and oxygen atoms in total. The summed E-state index contributed by atoms with van der Waals surface area (Å²) in [6.45, 7) is 6.60. The van der Waals surface area contributed by atoms with Gasteiger partial charge in [-0.3, -0.25) is 14.4 Å². The highest BCUT2D eigenvalue weighted by Gasteiger charge is 2.64. The van der Waals surface area contributed by atoms with Gasteiger partial charge in [-0.2, -0.15) is 0 Å². The van der Waals surface area contributed by atoms with E-state index in [-0.39, 0.29) is 11.7 Å². The first-order valence-electron chi connectivity index (χ1n) is 17.0. The number of rotatable bonds is 18. The lowest BCUT2D eigenvalue weighted by Crippen LogP contribution is -2.71. The second-order valence-corrected chi connectivity index (χ2v) is 14.8. The molecule has 266 valence electrons. The van der Waals surface area contributed by atoms with Crippen LogP contribution in [0.25, 0.3) is 0 Å². The van der Waals surface area contributed by atoms with Crippen molar-refractivity contribution in [3.05, 3.63) is 41.7 Å². The average Bonchev–Trinajstić information content (AvgIpc) is 3.58. The fourth-order valence-electron chi connectivity index (χ4n) is 5.92. The van der Waals surface area contributed by atoms with Crippen molar-refractivity contribution in [2.75, 3.05) is 12.3 Å². The number of carboxylic acids is 1. The standard InChI is InChI=1S/C18H34N4O.C16H19N3O5S/c1-2-3-4-5-6-7-8-9-10-14-20-17(23)13-11-12-16-15-21-18(19)22-16;1-16(2)11(15(23)24)19-13(22)10(14(19)25-16)18-12(21)9(17)7-3-5-8(20)6-4-7/h15H,2-14H2,1H3,(H,20,23)(H3,19,21,22);3-6,9-11,14,20H,17H2,1-2H3,(H,18,21)(H,23,24)/t;9-,10-,11+,14-/m.1/s1. The number of imidazole rings is 1. The van der Waals surface area contributed by atoms with Gasteiger partial charge >= 0.3 is 5.97 Å². The summed E-state index contributed by atoms with van der Waals surface area (Å²) in [5.41, 5.74) is 12.9. The molecule has 1 aromatic carbocycles. The zero-order valence-electron chi connectivity index (χ0n) is 28.4. The third-order valence-electron chi connectivity index (χ3n) is 8.61. The number of aromatic hydroxyl groups is 1. The Labute approximate surface area is 287 Å². The molecule has 2 aliphatic heterocycles. The Balaban J connectivity index is 0.000000262. The molecule has 2 saturated heterocycles. The van der Waals surface area contributed by atoms with Crippen LogP contribution in [-0.4, -0.2) is 77.5 Å². The molecule has 0 aliphatic carbocycles. The number of thioether (sulfide) groups is 1. The number of nitrogens with one attached hydrogen (secondary N) is 3. The summed E-state index contributed by atoms with van der Waals surface area (Å²) in [6.07, 6.45) is 15.7. The fraction of sp³-hybridized carbons (Fsp3) is 0.618. The molecule has 9 N–H and O–H groups in total. The second-order valence-electron chi connectivity index (χ2n) is 13.0. The van der Waals surface area contributed by atoms with Gasteiger partial charge in [0.05, 0.1) is 6.20 Å². The first-order chi connectivity index (χ1) is 22.9. The molecule has 0 spiro atoms. The average molecular weight is 688 g/mol. The number of carbonyl (C=O) groups excluding carboxylic acids is 3. The minimum atomic E-state index is -1.06. The number of H-pyrrole nitrogens is 1. The number of carbonyl (C=O) groups is 4. The predicted octanol–water partition coefficient (Wildman–Crippen LogP) is 3.99. The molecule has 3 heterocycles. The minimum Gasteiger partial charge on any atom is -0.508 e. The number of aromatic amines is 1. The molecule has 1 aromatic heterocycles.